The minimum absolute atomic E-state index is 0.397. The van der Waals surface area contributed by atoms with Gasteiger partial charge in [0.2, 0.25) is 0 Å². The molecule has 0 spiro atoms. The topological polar surface area (TPSA) is 26.3 Å². The SMILES string of the molecule is C=C/C=C(\C)C(=O)O[Si]. The lowest BCUT2D eigenvalue weighted by Crippen LogP contribution is -2.01. The Morgan fingerprint density at radius 3 is 2.67 bits per heavy atom. The van der Waals surface area contributed by atoms with E-state index in [9.17, 15) is 4.79 Å². The molecule has 0 N–H and O–H groups in total. The molecule has 9 heavy (non-hydrogen) atoms. The molecule has 0 saturated heterocycles. The molecule has 0 aliphatic heterocycles. The van der Waals surface area contributed by atoms with Crippen LogP contribution in [0.1, 0.15) is 6.92 Å². The Balaban J connectivity index is 4.01. The van der Waals surface area contributed by atoms with E-state index in [1.165, 1.54) is 6.08 Å². The van der Waals surface area contributed by atoms with Crippen LogP contribution in [-0.2, 0) is 9.22 Å². The van der Waals surface area contributed by atoms with Crippen molar-refractivity contribution in [1.82, 2.24) is 0 Å². The molecule has 0 atom stereocenters. The molecule has 47 valence electrons. The van der Waals surface area contributed by atoms with Crippen molar-refractivity contribution in [2.24, 2.45) is 0 Å². The first kappa shape index (κ1) is 8.17. The fourth-order valence-electron chi connectivity index (χ4n) is 0.325. The number of carbonyl (C=O) groups is 1. The summed E-state index contributed by atoms with van der Waals surface area (Å²) in [5.41, 5.74) is 0.514. The predicted octanol–water partition coefficient (Wildman–Crippen LogP) is 0.745. The van der Waals surface area contributed by atoms with Crippen molar-refractivity contribution in [3.05, 3.63) is 24.3 Å². The van der Waals surface area contributed by atoms with E-state index in [2.05, 4.69) is 21.5 Å². The summed E-state index contributed by atoms with van der Waals surface area (Å²) in [6.45, 7) is 5.06. The summed E-state index contributed by atoms with van der Waals surface area (Å²) < 4.78 is 4.22. The molecule has 0 aromatic heterocycles. The van der Waals surface area contributed by atoms with E-state index in [4.69, 9.17) is 0 Å². The lowest BCUT2D eigenvalue weighted by atomic mass is 10.3. The van der Waals surface area contributed by atoms with Gasteiger partial charge >= 0.3 is 16.5 Å². The average Bonchev–Trinajstić information content (AvgIpc) is 1.87. The zero-order valence-electron chi connectivity index (χ0n) is 5.18. The fraction of sp³-hybridized carbons (Fsp3) is 0.167. The van der Waals surface area contributed by atoms with Gasteiger partial charge in [-0.1, -0.05) is 18.7 Å². The van der Waals surface area contributed by atoms with Gasteiger partial charge in [0.05, 0.1) is 0 Å². The molecule has 0 aliphatic carbocycles. The van der Waals surface area contributed by atoms with Gasteiger partial charge in [0, 0.05) is 5.57 Å². The molecule has 0 amide bonds. The molecule has 0 bridgehead atoms. The van der Waals surface area contributed by atoms with E-state index in [1.807, 2.05) is 0 Å². The van der Waals surface area contributed by atoms with Crippen molar-refractivity contribution in [2.75, 3.05) is 0 Å². The highest BCUT2D eigenvalue weighted by molar-refractivity contribution is 6.09. The minimum atomic E-state index is -0.397. The van der Waals surface area contributed by atoms with Gasteiger partial charge in [-0.05, 0) is 6.92 Å². The molecule has 0 aliphatic rings. The second-order valence-corrected chi connectivity index (χ2v) is 1.68. The summed E-state index contributed by atoms with van der Waals surface area (Å²) in [5, 5.41) is 0. The monoisotopic (exact) mass is 139 g/mol. The average molecular weight is 139 g/mol. The third-order valence-electron chi connectivity index (χ3n) is 0.783. The minimum Gasteiger partial charge on any atom is -0.513 e. The summed E-state index contributed by atoms with van der Waals surface area (Å²) in [7, 11) is 2.61. The molecule has 2 nitrogen and oxygen atoms in total. The van der Waals surface area contributed by atoms with Crippen LogP contribution >= 0.6 is 0 Å². The molecule has 0 rings (SSSR count). The zero-order chi connectivity index (χ0) is 7.28. The summed E-state index contributed by atoms with van der Waals surface area (Å²) in [6.07, 6.45) is 3.10. The third-order valence-corrected chi connectivity index (χ3v) is 0.968. The molecular weight excluding hydrogens is 132 g/mol. The van der Waals surface area contributed by atoms with E-state index in [0.29, 0.717) is 5.57 Å². The first-order chi connectivity index (χ1) is 4.22. The Kier molecular flexibility index (Phi) is 3.71. The van der Waals surface area contributed by atoms with E-state index in [0.717, 1.165) is 0 Å². The quantitative estimate of drug-likeness (QED) is 0.320. The van der Waals surface area contributed by atoms with Gasteiger partial charge in [-0.25, -0.2) is 4.79 Å². The summed E-state index contributed by atoms with van der Waals surface area (Å²) in [4.78, 5) is 10.5. The van der Waals surface area contributed by atoms with Crippen molar-refractivity contribution in [3.8, 4) is 0 Å². The van der Waals surface area contributed by atoms with Crippen LogP contribution in [0.15, 0.2) is 24.3 Å². The second kappa shape index (κ2) is 4.09. The Labute approximate surface area is 57.8 Å². The first-order valence-electron chi connectivity index (χ1n) is 2.39. The van der Waals surface area contributed by atoms with E-state index >= 15 is 0 Å². The van der Waals surface area contributed by atoms with Gasteiger partial charge in [0.25, 0.3) is 0 Å². The fourth-order valence-corrected chi connectivity index (χ4v) is 0.486. The maximum absolute atomic E-state index is 10.5. The van der Waals surface area contributed by atoms with Gasteiger partial charge in [-0.2, -0.15) is 0 Å². The summed E-state index contributed by atoms with van der Waals surface area (Å²) in [5.74, 6) is -0.397. The maximum Gasteiger partial charge on any atom is 0.345 e. The molecule has 0 unspecified atom stereocenters. The van der Waals surface area contributed by atoms with Gasteiger partial charge in [-0.15, -0.1) is 0 Å². The van der Waals surface area contributed by atoms with Crippen LogP contribution in [0.3, 0.4) is 0 Å². The smallest absolute Gasteiger partial charge is 0.345 e. The Bertz CT molecular complexity index is 149. The van der Waals surface area contributed by atoms with Gasteiger partial charge in [0.1, 0.15) is 0 Å². The van der Waals surface area contributed by atoms with Crippen LogP contribution in [0, 0.1) is 0 Å². The molecule has 0 heterocycles. The molecule has 3 heteroatoms. The number of allylic oxidation sites excluding steroid dienone is 2. The molecular formula is C6H7O2Si. The number of hydrogen-bond acceptors (Lipinski definition) is 2. The van der Waals surface area contributed by atoms with Crippen LogP contribution in [0.4, 0.5) is 0 Å². The molecule has 0 fully saturated rings. The van der Waals surface area contributed by atoms with Gasteiger partial charge in [0.15, 0.2) is 0 Å². The number of carbonyl (C=O) groups excluding carboxylic acids is 1. The molecule has 3 radical (unpaired) electrons. The normalized spacial score (nSPS) is 10.7. The predicted molar refractivity (Wildman–Crippen MR) is 35.8 cm³/mol. The molecule has 0 saturated carbocycles. The third kappa shape index (κ3) is 2.87. The van der Waals surface area contributed by atoms with Crippen molar-refractivity contribution < 1.29 is 9.22 Å². The van der Waals surface area contributed by atoms with Crippen molar-refractivity contribution in [3.63, 3.8) is 0 Å². The van der Waals surface area contributed by atoms with Crippen LogP contribution in [0.2, 0.25) is 0 Å². The van der Waals surface area contributed by atoms with Crippen LogP contribution in [0.25, 0.3) is 0 Å². The summed E-state index contributed by atoms with van der Waals surface area (Å²) in [6, 6.07) is 0. The highest BCUT2D eigenvalue weighted by atomic mass is 28.2. The van der Waals surface area contributed by atoms with Crippen LogP contribution in [0.5, 0.6) is 0 Å². The summed E-state index contributed by atoms with van der Waals surface area (Å²) >= 11 is 0. The van der Waals surface area contributed by atoms with Gasteiger partial charge < -0.3 is 4.43 Å². The van der Waals surface area contributed by atoms with Crippen molar-refractivity contribution in [1.29, 1.82) is 0 Å². The largest absolute Gasteiger partial charge is 0.513 e. The lowest BCUT2D eigenvalue weighted by Gasteiger charge is -1.94. The Morgan fingerprint density at radius 2 is 2.33 bits per heavy atom. The van der Waals surface area contributed by atoms with E-state index in [1.54, 1.807) is 13.0 Å². The standard InChI is InChI=1S/C6H7O2Si/c1-3-4-5(2)6(7)8-9/h3-4H,1H2,2H3/b5-4+. The second-order valence-electron chi connectivity index (χ2n) is 1.47. The lowest BCUT2D eigenvalue weighted by molar-refractivity contribution is -0.129. The van der Waals surface area contributed by atoms with Crippen LogP contribution < -0.4 is 0 Å². The molecule has 0 aromatic rings. The van der Waals surface area contributed by atoms with Crippen molar-refractivity contribution >= 4 is 16.5 Å². The first-order valence-corrected chi connectivity index (χ1v) is 2.80. The van der Waals surface area contributed by atoms with Crippen LogP contribution in [-0.4, -0.2) is 16.5 Å². The van der Waals surface area contributed by atoms with E-state index < -0.39 is 5.97 Å². The highest BCUT2D eigenvalue weighted by Gasteiger charge is 1.98. The molecule has 0 aromatic carbocycles. The number of rotatable bonds is 2. The Morgan fingerprint density at radius 1 is 1.78 bits per heavy atom. The Hall–Kier alpha value is -0.833. The van der Waals surface area contributed by atoms with Gasteiger partial charge in [-0.3, -0.25) is 0 Å². The zero-order valence-corrected chi connectivity index (χ0v) is 6.18. The maximum atomic E-state index is 10.5. The number of hydrogen-bond donors (Lipinski definition) is 0. The highest BCUT2D eigenvalue weighted by Crippen LogP contribution is 1.93. The van der Waals surface area contributed by atoms with Crippen molar-refractivity contribution in [2.45, 2.75) is 6.92 Å². The van der Waals surface area contributed by atoms with E-state index in [-0.39, 0.29) is 0 Å².